The monoisotopic (exact) mass is 263 g/mol. The first-order valence-corrected chi connectivity index (χ1v) is 6.65. The molecule has 17 heavy (non-hydrogen) atoms. The van der Waals surface area contributed by atoms with Crippen LogP contribution in [0.1, 0.15) is 33.1 Å². The molecule has 0 aromatic carbocycles. The fraction of sp³-hybridized carbons (Fsp3) is 0.545. The van der Waals surface area contributed by atoms with E-state index in [1.54, 1.807) is 19.1 Å². The van der Waals surface area contributed by atoms with Crippen LogP contribution in [-0.4, -0.2) is 26.6 Å². The molecular formula is C11H21NO4S. The van der Waals surface area contributed by atoms with E-state index in [1.807, 2.05) is 0 Å². The van der Waals surface area contributed by atoms with Gasteiger partial charge in [0, 0.05) is 6.08 Å². The summed E-state index contributed by atoms with van der Waals surface area (Å²) in [4.78, 5) is 10.8. The lowest BCUT2D eigenvalue weighted by Crippen LogP contribution is -2.16. The van der Waals surface area contributed by atoms with Gasteiger partial charge in [-0.15, -0.1) is 0 Å². The number of aliphatic carboxylic acids is 1. The molecule has 0 fully saturated rings. The summed E-state index contributed by atoms with van der Waals surface area (Å²) < 4.78 is 11.6. The van der Waals surface area contributed by atoms with E-state index in [-0.39, 0.29) is 4.91 Å². The molecule has 0 rings (SSSR count). The third-order valence-corrected chi connectivity index (χ3v) is 3.29. The first-order valence-electron chi connectivity index (χ1n) is 5.34. The van der Waals surface area contributed by atoms with Crippen molar-refractivity contribution in [3.05, 3.63) is 23.1 Å². The Kier molecular flexibility index (Phi) is 14.4. The molecule has 0 saturated heterocycles. The van der Waals surface area contributed by atoms with Gasteiger partial charge < -0.3 is 14.9 Å². The second-order valence-corrected chi connectivity index (χ2v) is 4.66. The van der Waals surface area contributed by atoms with Crippen molar-refractivity contribution in [3.63, 3.8) is 0 Å². The predicted molar refractivity (Wildman–Crippen MR) is 69.0 cm³/mol. The topological polar surface area (TPSA) is 107 Å². The van der Waals surface area contributed by atoms with Crippen LogP contribution in [0.5, 0.6) is 0 Å². The number of carboxylic acids is 1. The van der Waals surface area contributed by atoms with Crippen LogP contribution in [0, 0.1) is 0 Å². The van der Waals surface area contributed by atoms with Gasteiger partial charge in [-0.25, -0.2) is 10.7 Å². The van der Waals surface area contributed by atoms with E-state index in [2.05, 4.69) is 12.8 Å². The van der Waals surface area contributed by atoms with Crippen molar-refractivity contribution in [1.29, 1.82) is 0 Å². The van der Waals surface area contributed by atoms with Crippen molar-refractivity contribution in [3.8, 4) is 0 Å². The summed E-state index contributed by atoms with van der Waals surface area (Å²) in [6.45, 7) is 3.84. The van der Waals surface area contributed by atoms with Crippen molar-refractivity contribution < 1.29 is 19.7 Å². The average molecular weight is 263 g/mol. The Morgan fingerprint density at radius 1 is 1.41 bits per heavy atom. The third kappa shape index (κ3) is 10.1. The van der Waals surface area contributed by atoms with Crippen LogP contribution in [0.25, 0.3) is 0 Å². The number of carboxylic acid groups (broad SMARTS) is 1. The molecule has 1 unspecified atom stereocenters. The summed E-state index contributed by atoms with van der Waals surface area (Å²) >= 11 is -1.38. The number of unbranched alkanes of at least 4 members (excludes halogenated alkanes) is 2. The zero-order valence-corrected chi connectivity index (χ0v) is 11.1. The molecule has 4 N–H and O–H groups in total. The van der Waals surface area contributed by atoms with Crippen LogP contribution in [0.3, 0.4) is 0 Å². The SMILES string of the molecule is CC=CC=C(C(=O)O)[S+]([O-])CCCCC.NO. The van der Waals surface area contributed by atoms with Crippen LogP contribution in [0.2, 0.25) is 0 Å². The number of hydrogen-bond donors (Lipinski definition) is 3. The molecule has 0 aromatic rings. The molecule has 0 spiro atoms. The van der Waals surface area contributed by atoms with E-state index in [0.717, 1.165) is 19.3 Å². The standard InChI is InChI=1S/C11H18O3S.H3NO/c1-3-5-7-9-15(14)10(11(12)13)8-6-4-2;1-2/h4,6,8H,3,5,7,9H2,1-2H3,(H,12,13);2H,1H2. The lowest BCUT2D eigenvalue weighted by Gasteiger charge is -2.09. The Balaban J connectivity index is 0. The normalized spacial score (nSPS) is 13.1. The molecule has 0 saturated carbocycles. The highest BCUT2D eigenvalue weighted by molar-refractivity contribution is 7.96. The minimum atomic E-state index is -1.38. The first-order chi connectivity index (χ1) is 8.13. The molecule has 100 valence electrons. The van der Waals surface area contributed by atoms with Gasteiger partial charge in [0.1, 0.15) is 5.75 Å². The minimum absolute atomic E-state index is 0.01000. The molecule has 0 radical (unpaired) electrons. The minimum Gasteiger partial charge on any atom is -0.611 e. The van der Waals surface area contributed by atoms with Gasteiger partial charge in [0.05, 0.1) is 0 Å². The van der Waals surface area contributed by atoms with Crippen LogP contribution in [-0.2, 0) is 16.0 Å². The average Bonchev–Trinajstić information content (AvgIpc) is 2.32. The summed E-state index contributed by atoms with van der Waals surface area (Å²) in [6, 6.07) is 0. The maximum Gasteiger partial charge on any atom is 0.384 e. The van der Waals surface area contributed by atoms with Crippen molar-refractivity contribution >= 4 is 17.1 Å². The van der Waals surface area contributed by atoms with Crippen molar-refractivity contribution in [1.82, 2.24) is 0 Å². The van der Waals surface area contributed by atoms with Gasteiger partial charge >= 0.3 is 5.97 Å². The summed E-state index contributed by atoms with van der Waals surface area (Å²) in [7, 11) is 0. The summed E-state index contributed by atoms with van der Waals surface area (Å²) in [5.41, 5.74) is 0. The molecule has 5 nitrogen and oxygen atoms in total. The highest BCUT2D eigenvalue weighted by atomic mass is 32.2. The summed E-state index contributed by atoms with van der Waals surface area (Å²) in [6.07, 6.45) is 7.56. The Bertz CT molecular complexity index is 254. The Morgan fingerprint density at radius 2 is 2.00 bits per heavy atom. The number of carbonyl (C=O) groups is 1. The second kappa shape index (κ2) is 13.2. The van der Waals surface area contributed by atoms with Crippen molar-refractivity contribution in [2.75, 3.05) is 5.75 Å². The molecule has 0 amide bonds. The van der Waals surface area contributed by atoms with Crippen LogP contribution >= 0.6 is 0 Å². The maximum absolute atomic E-state index is 11.6. The Labute approximate surface area is 105 Å². The van der Waals surface area contributed by atoms with Gasteiger partial charge in [-0.3, -0.25) is 0 Å². The van der Waals surface area contributed by atoms with Crippen molar-refractivity contribution in [2.24, 2.45) is 5.90 Å². The van der Waals surface area contributed by atoms with E-state index >= 15 is 0 Å². The molecule has 0 aliphatic rings. The fourth-order valence-corrected chi connectivity index (χ4v) is 2.13. The first kappa shape index (κ1) is 18.5. The lowest BCUT2D eigenvalue weighted by molar-refractivity contribution is -0.131. The van der Waals surface area contributed by atoms with E-state index in [4.69, 9.17) is 10.3 Å². The maximum atomic E-state index is 11.6. The second-order valence-electron chi connectivity index (χ2n) is 3.12. The molecule has 0 aliphatic heterocycles. The molecule has 0 aliphatic carbocycles. The summed E-state index contributed by atoms with van der Waals surface area (Å²) in [5.74, 6) is 2.84. The zero-order valence-electron chi connectivity index (χ0n) is 10.3. The molecule has 6 heteroatoms. The summed E-state index contributed by atoms with van der Waals surface area (Å²) in [5, 5.41) is 15.3. The van der Waals surface area contributed by atoms with Gasteiger partial charge in [-0.2, -0.15) is 0 Å². The smallest absolute Gasteiger partial charge is 0.384 e. The molecule has 0 heterocycles. The van der Waals surface area contributed by atoms with E-state index < -0.39 is 17.1 Å². The highest BCUT2D eigenvalue weighted by Gasteiger charge is 2.20. The van der Waals surface area contributed by atoms with E-state index in [0.29, 0.717) is 5.75 Å². The van der Waals surface area contributed by atoms with Gasteiger partial charge in [-0.1, -0.05) is 25.5 Å². The molecule has 0 bridgehead atoms. The molecular weight excluding hydrogens is 242 g/mol. The van der Waals surface area contributed by atoms with Crippen LogP contribution in [0.15, 0.2) is 23.1 Å². The van der Waals surface area contributed by atoms with Gasteiger partial charge in [0.25, 0.3) is 0 Å². The lowest BCUT2D eigenvalue weighted by atomic mass is 10.3. The number of nitrogens with two attached hydrogens (primary N) is 1. The molecule has 0 aromatic heterocycles. The van der Waals surface area contributed by atoms with Gasteiger partial charge in [0.15, 0.2) is 0 Å². The molecule has 1 atom stereocenters. The van der Waals surface area contributed by atoms with E-state index in [9.17, 15) is 9.35 Å². The van der Waals surface area contributed by atoms with Crippen LogP contribution < -0.4 is 5.90 Å². The largest absolute Gasteiger partial charge is 0.611 e. The quantitative estimate of drug-likeness (QED) is 0.213. The van der Waals surface area contributed by atoms with Crippen LogP contribution in [0.4, 0.5) is 0 Å². The van der Waals surface area contributed by atoms with Gasteiger partial charge in [-0.05, 0) is 30.9 Å². The number of rotatable bonds is 7. The van der Waals surface area contributed by atoms with Crippen molar-refractivity contribution in [2.45, 2.75) is 33.1 Å². The Hall–Kier alpha value is -0.820. The van der Waals surface area contributed by atoms with Gasteiger partial charge in [0.2, 0.25) is 4.91 Å². The highest BCUT2D eigenvalue weighted by Crippen LogP contribution is 2.11. The fourth-order valence-electron chi connectivity index (χ4n) is 1.02. The Morgan fingerprint density at radius 3 is 2.41 bits per heavy atom. The van der Waals surface area contributed by atoms with E-state index in [1.165, 1.54) is 6.08 Å². The predicted octanol–water partition coefficient (Wildman–Crippen LogP) is 1.80. The number of hydrogen-bond acceptors (Lipinski definition) is 4. The number of allylic oxidation sites excluding steroid dienone is 3. The third-order valence-electron chi connectivity index (χ3n) is 1.83. The zero-order chi connectivity index (χ0) is 13.7.